The topological polar surface area (TPSA) is 61.4 Å². The fourth-order valence-corrected chi connectivity index (χ4v) is 2.40. The highest BCUT2D eigenvalue weighted by atomic mass is 35.5. The number of hydrogen-bond acceptors (Lipinski definition) is 3. The molecule has 2 unspecified atom stereocenters. The van der Waals surface area contributed by atoms with Crippen LogP contribution in [-0.4, -0.2) is 36.8 Å². The first-order valence-corrected chi connectivity index (χ1v) is 7.02. The van der Waals surface area contributed by atoms with E-state index in [-0.39, 0.29) is 23.7 Å². The Hall–Kier alpha value is -0.320. The molecule has 0 aromatic carbocycles. The van der Waals surface area contributed by atoms with Crippen LogP contribution in [0.5, 0.6) is 0 Å². The summed E-state index contributed by atoms with van der Waals surface area (Å²) in [6.07, 6.45) is 2.98. The van der Waals surface area contributed by atoms with Gasteiger partial charge in [0, 0.05) is 13.0 Å². The number of rotatable bonds is 6. The molecule has 19 heavy (non-hydrogen) atoms. The average molecular weight is 293 g/mol. The molecule has 1 aliphatic rings. The first-order valence-electron chi connectivity index (χ1n) is 7.02. The summed E-state index contributed by atoms with van der Waals surface area (Å²) < 4.78 is 0. The molecule has 0 bridgehead atoms. The molecule has 0 aromatic heterocycles. The van der Waals surface area contributed by atoms with Crippen LogP contribution in [0.15, 0.2) is 0 Å². The molecular weight excluding hydrogens is 264 g/mol. The largest absolute Gasteiger partial charge is 0.391 e. The molecule has 1 aliphatic heterocycles. The highest BCUT2D eigenvalue weighted by Crippen LogP contribution is 2.20. The van der Waals surface area contributed by atoms with Crippen LogP contribution in [0.4, 0.5) is 0 Å². The number of nitrogens with one attached hydrogen (secondary N) is 2. The first-order chi connectivity index (χ1) is 8.37. The van der Waals surface area contributed by atoms with Crippen molar-refractivity contribution in [2.75, 3.05) is 19.6 Å². The van der Waals surface area contributed by atoms with Gasteiger partial charge in [-0.3, -0.25) is 4.79 Å². The molecule has 4 nitrogen and oxygen atoms in total. The molecule has 0 aromatic rings. The summed E-state index contributed by atoms with van der Waals surface area (Å²) in [5.41, 5.74) is 0.0969. The van der Waals surface area contributed by atoms with Crippen molar-refractivity contribution in [3.63, 3.8) is 0 Å². The molecule has 0 aliphatic carbocycles. The van der Waals surface area contributed by atoms with E-state index in [4.69, 9.17) is 0 Å². The van der Waals surface area contributed by atoms with Gasteiger partial charge in [-0.25, -0.2) is 0 Å². The minimum absolute atomic E-state index is 0. The van der Waals surface area contributed by atoms with Gasteiger partial charge in [-0.2, -0.15) is 0 Å². The van der Waals surface area contributed by atoms with Crippen molar-refractivity contribution in [2.45, 2.75) is 52.6 Å². The second kappa shape index (κ2) is 8.77. The Labute approximate surface area is 123 Å². The molecule has 0 spiro atoms. The van der Waals surface area contributed by atoms with Crippen molar-refractivity contribution < 1.29 is 9.90 Å². The maximum Gasteiger partial charge on any atom is 0.220 e. The SMILES string of the molecule is CC(C)(C)CC(O)CNC(=O)CCC1CCNC1.Cl. The fourth-order valence-electron chi connectivity index (χ4n) is 2.40. The number of carbonyl (C=O) groups excluding carboxylic acids is 1. The maximum absolute atomic E-state index is 11.6. The van der Waals surface area contributed by atoms with Crippen LogP contribution in [-0.2, 0) is 4.79 Å². The highest BCUT2D eigenvalue weighted by molar-refractivity contribution is 5.85. The van der Waals surface area contributed by atoms with Crippen molar-refractivity contribution >= 4 is 18.3 Å². The fraction of sp³-hybridized carbons (Fsp3) is 0.929. The zero-order valence-electron chi connectivity index (χ0n) is 12.4. The lowest BCUT2D eigenvalue weighted by Gasteiger charge is -2.22. The van der Waals surface area contributed by atoms with Crippen LogP contribution in [0.2, 0.25) is 0 Å². The molecule has 1 fully saturated rings. The second-order valence-electron chi connectivity index (χ2n) is 6.62. The first kappa shape index (κ1) is 18.7. The molecule has 0 saturated carbocycles. The summed E-state index contributed by atoms with van der Waals surface area (Å²) in [6.45, 7) is 8.76. The van der Waals surface area contributed by atoms with Crippen molar-refractivity contribution in [1.29, 1.82) is 0 Å². The normalized spacial score (nSPS) is 20.7. The summed E-state index contributed by atoms with van der Waals surface area (Å²) in [4.78, 5) is 11.6. The Morgan fingerprint density at radius 1 is 1.47 bits per heavy atom. The number of amides is 1. The van der Waals surface area contributed by atoms with E-state index in [9.17, 15) is 9.90 Å². The van der Waals surface area contributed by atoms with Crippen molar-refractivity contribution in [1.82, 2.24) is 10.6 Å². The van der Waals surface area contributed by atoms with Gasteiger partial charge in [-0.05, 0) is 43.7 Å². The van der Waals surface area contributed by atoms with Gasteiger partial charge >= 0.3 is 0 Å². The molecule has 0 radical (unpaired) electrons. The Morgan fingerprint density at radius 2 is 2.16 bits per heavy atom. The maximum atomic E-state index is 11.6. The highest BCUT2D eigenvalue weighted by Gasteiger charge is 2.18. The van der Waals surface area contributed by atoms with E-state index in [0.717, 1.165) is 19.5 Å². The van der Waals surface area contributed by atoms with Gasteiger partial charge in [-0.15, -0.1) is 12.4 Å². The molecule has 1 heterocycles. The molecule has 1 saturated heterocycles. The van der Waals surface area contributed by atoms with Gasteiger partial charge in [0.1, 0.15) is 0 Å². The molecule has 1 amide bonds. The van der Waals surface area contributed by atoms with Crippen molar-refractivity contribution in [3.05, 3.63) is 0 Å². The smallest absolute Gasteiger partial charge is 0.220 e. The van der Waals surface area contributed by atoms with Gasteiger partial charge in [0.05, 0.1) is 6.10 Å². The van der Waals surface area contributed by atoms with Crippen LogP contribution < -0.4 is 10.6 Å². The van der Waals surface area contributed by atoms with Crippen LogP contribution in [0.1, 0.15) is 46.5 Å². The third-order valence-electron chi connectivity index (χ3n) is 3.32. The summed E-state index contributed by atoms with van der Waals surface area (Å²) >= 11 is 0. The van der Waals surface area contributed by atoms with Crippen molar-refractivity contribution in [3.8, 4) is 0 Å². The number of aliphatic hydroxyl groups is 1. The van der Waals surface area contributed by atoms with Gasteiger partial charge in [0.2, 0.25) is 5.91 Å². The zero-order chi connectivity index (χ0) is 13.6. The Bertz CT molecular complexity index is 261. The van der Waals surface area contributed by atoms with E-state index >= 15 is 0 Å². The number of halogens is 1. The van der Waals surface area contributed by atoms with Gasteiger partial charge in [0.25, 0.3) is 0 Å². The number of carbonyl (C=O) groups is 1. The minimum atomic E-state index is -0.443. The van der Waals surface area contributed by atoms with Gasteiger partial charge in [0.15, 0.2) is 0 Å². The molecular formula is C14H29ClN2O2. The summed E-state index contributed by atoms with van der Waals surface area (Å²) in [7, 11) is 0. The predicted octanol–water partition coefficient (Wildman–Crippen LogP) is 1.71. The zero-order valence-corrected chi connectivity index (χ0v) is 13.2. The third kappa shape index (κ3) is 9.25. The van der Waals surface area contributed by atoms with E-state index in [1.54, 1.807) is 0 Å². The second-order valence-corrected chi connectivity index (χ2v) is 6.62. The monoisotopic (exact) mass is 292 g/mol. The third-order valence-corrected chi connectivity index (χ3v) is 3.32. The van der Waals surface area contributed by atoms with Crippen molar-refractivity contribution in [2.24, 2.45) is 11.3 Å². The Balaban J connectivity index is 0.00000324. The lowest BCUT2D eigenvalue weighted by atomic mass is 9.89. The van der Waals surface area contributed by atoms with E-state index < -0.39 is 6.10 Å². The molecule has 5 heteroatoms. The van der Waals surface area contributed by atoms with Crippen LogP contribution >= 0.6 is 12.4 Å². The summed E-state index contributed by atoms with van der Waals surface area (Å²) in [6, 6.07) is 0. The standard InChI is InChI=1S/C14H28N2O2.ClH/c1-14(2,3)8-12(17)10-16-13(18)5-4-11-6-7-15-9-11;/h11-12,15,17H,4-10H2,1-3H3,(H,16,18);1H. The lowest BCUT2D eigenvalue weighted by molar-refractivity contribution is -0.121. The lowest BCUT2D eigenvalue weighted by Crippen LogP contribution is -2.34. The van der Waals surface area contributed by atoms with E-state index in [2.05, 4.69) is 31.4 Å². The van der Waals surface area contributed by atoms with Gasteiger partial charge < -0.3 is 15.7 Å². The predicted molar refractivity (Wildman–Crippen MR) is 80.5 cm³/mol. The average Bonchev–Trinajstić information content (AvgIpc) is 2.74. The number of aliphatic hydroxyl groups excluding tert-OH is 1. The van der Waals surface area contributed by atoms with Crippen LogP contribution in [0.25, 0.3) is 0 Å². The summed E-state index contributed by atoms with van der Waals surface area (Å²) in [5, 5.41) is 15.9. The molecule has 114 valence electrons. The Kier molecular flexibility index (Phi) is 8.62. The summed E-state index contributed by atoms with van der Waals surface area (Å²) in [5.74, 6) is 0.713. The molecule has 3 N–H and O–H groups in total. The molecule has 1 rings (SSSR count). The quantitative estimate of drug-likeness (QED) is 0.698. The Morgan fingerprint density at radius 3 is 2.68 bits per heavy atom. The van der Waals surface area contributed by atoms with E-state index in [1.165, 1.54) is 6.42 Å². The number of hydrogen-bond donors (Lipinski definition) is 3. The van der Waals surface area contributed by atoms with Crippen LogP contribution in [0, 0.1) is 11.3 Å². The van der Waals surface area contributed by atoms with Crippen LogP contribution in [0.3, 0.4) is 0 Å². The van der Waals surface area contributed by atoms with Gasteiger partial charge in [-0.1, -0.05) is 20.8 Å². The minimum Gasteiger partial charge on any atom is -0.391 e. The molecule has 2 atom stereocenters. The van der Waals surface area contributed by atoms with E-state index in [0.29, 0.717) is 25.3 Å². The van der Waals surface area contributed by atoms with E-state index in [1.807, 2.05) is 0 Å².